The molecule has 0 spiro atoms. The molecule has 0 aromatic carbocycles. The van der Waals surface area contributed by atoms with Gasteiger partial charge in [-0.15, -0.1) is 33.2 Å². The van der Waals surface area contributed by atoms with Crippen LogP contribution >= 0.6 is 33.2 Å². The Hall–Kier alpha value is 0.367. The van der Waals surface area contributed by atoms with Crippen molar-refractivity contribution >= 4 is 39.2 Å². The molecule has 0 saturated heterocycles. The molecule has 5 heteroatoms. The zero-order valence-electron chi connectivity index (χ0n) is 5.69. The smallest absolute Gasteiger partial charge is 0.341 e. The number of hydrogen-bond acceptors (Lipinski definition) is 1. The van der Waals surface area contributed by atoms with Crippen LogP contribution in [0.4, 0.5) is 0 Å². The second-order valence-electron chi connectivity index (χ2n) is 2.19. The zero-order chi connectivity index (χ0) is 8.32. The van der Waals surface area contributed by atoms with Crippen LogP contribution in [0.3, 0.4) is 0 Å². The molecule has 0 unspecified atom stereocenters. The molecular weight excluding hydrogens is 223 g/mol. The van der Waals surface area contributed by atoms with E-state index < -0.39 is 6.00 Å². The lowest BCUT2D eigenvalue weighted by Gasteiger charge is -2.04. The van der Waals surface area contributed by atoms with E-state index >= 15 is 0 Å². The maximum atomic E-state index is 5.68. The highest BCUT2D eigenvalue weighted by molar-refractivity contribution is 7.64. The molecule has 1 aromatic heterocycles. The Balaban J connectivity index is 2.35. The highest BCUT2D eigenvalue weighted by Crippen LogP contribution is 2.26. The molecule has 1 rings (SSSR count). The van der Waals surface area contributed by atoms with E-state index in [-0.39, 0.29) is 0 Å². The molecule has 0 radical (unpaired) electrons. The topological polar surface area (TPSA) is 13.1 Å². The Morgan fingerprint density at radius 1 is 1.36 bits per heavy atom. The van der Waals surface area contributed by atoms with Gasteiger partial charge in [0.05, 0.1) is 6.26 Å². The third-order valence-electron chi connectivity index (χ3n) is 1.23. The molecule has 0 N–H and O–H groups in total. The summed E-state index contributed by atoms with van der Waals surface area (Å²) in [4.78, 5) is 0. The summed E-state index contributed by atoms with van der Waals surface area (Å²) in [5.41, 5.74) is 0. The number of hydrogen-bond donors (Lipinski definition) is 0. The number of halogens is 3. The molecule has 62 valence electrons. The van der Waals surface area contributed by atoms with Crippen molar-refractivity contribution in [3.63, 3.8) is 0 Å². The Morgan fingerprint density at radius 3 is 2.55 bits per heavy atom. The maximum absolute atomic E-state index is 5.68. The Bertz CT molecular complexity index is 204. The van der Waals surface area contributed by atoms with E-state index in [1.165, 1.54) is 0 Å². The average molecular weight is 230 g/mol. The van der Waals surface area contributed by atoms with Crippen LogP contribution in [-0.2, 0) is 6.42 Å². The molecule has 1 nitrogen and oxygen atoms in total. The fraction of sp³-hybridized carbons (Fsp3) is 0.333. The first kappa shape index (κ1) is 9.45. The molecule has 0 saturated carbocycles. The minimum absolute atomic E-state index is 0.616. The SMILES string of the molecule is Cl[Si](Cl)(Cl)CCc1ccco1. The Kier molecular flexibility index (Phi) is 3.31. The fourth-order valence-electron chi connectivity index (χ4n) is 0.720. The number of rotatable bonds is 3. The van der Waals surface area contributed by atoms with Gasteiger partial charge >= 0.3 is 6.00 Å². The van der Waals surface area contributed by atoms with Gasteiger partial charge < -0.3 is 4.42 Å². The van der Waals surface area contributed by atoms with Crippen molar-refractivity contribution in [1.82, 2.24) is 0 Å². The van der Waals surface area contributed by atoms with Crippen molar-refractivity contribution in [1.29, 1.82) is 0 Å². The van der Waals surface area contributed by atoms with Gasteiger partial charge in [0.2, 0.25) is 0 Å². The van der Waals surface area contributed by atoms with Crippen LogP contribution in [-0.4, -0.2) is 6.00 Å². The van der Waals surface area contributed by atoms with Crippen molar-refractivity contribution in [2.45, 2.75) is 12.5 Å². The van der Waals surface area contributed by atoms with E-state index in [1.807, 2.05) is 12.1 Å². The van der Waals surface area contributed by atoms with Gasteiger partial charge in [-0.25, -0.2) is 0 Å². The summed E-state index contributed by atoms with van der Waals surface area (Å²) in [6.45, 7) is 0. The quantitative estimate of drug-likeness (QED) is 0.571. The Labute approximate surface area is 80.4 Å². The molecule has 0 amide bonds. The summed E-state index contributed by atoms with van der Waals surface area (Å²) in [6.07, 6.45) is 2.34. The number of furan rings is 1. The third-order valence-corrected chi connectivity index (χ3v) is 3.75. The second kappa shape index (κ2) is 3.85. The highest BCUT2D eigenvalue weighted by Gasteiger charge is 2.24. The van der Waals surface area contributed by atoms with Gasteiger partial charge in [-0.05, 0) is 18.2 Å². The van der Waals surface area contributed by atoms with Crippen molar-refractivity contribution < 1.29 is 4.42 Å². The van der Waals surface area contributed by atoms with E-state index in [2.05, 4.69) is 0 Å². The van der Waals surface area contributed by atoms with E-state index in [9.17, 15) is 0 Å². The van der Waals surface area contributed by atoms with Gasteiger partial charge in [-0.2, -0.15) is 0 Å². The van der Waals surface area contributed by atoms with Crippen molar-refractivity contribution in [2.75, 3.05) is 0 Å². The molecule has 0 atom stereocenters. The Morgan fingerprint density at radius 2 is 2.09 bits per heavy atom. The van der Waals surface area contributed by atoms with Crippen LogP contribution in [0.15, 0.2) is 22.8 Å². The van der Waals surface area contributed by atoms with Gasteiger partial charge in [-0.3, -0.25) is 0 Å². The van der Waals surface area contributed by atoms with E-state index in [1.54, 1.807) is 6.26 Å². The summed E-state index contributed by atoms with van der Waals surface area (Å²) in [5.74, 6) is 0.879. The molecule has 0 fully saturated rings. The van der Waals surface area contributed by atoms with E-state index in [4.69, 9.17) is 37.7 Å². The van der Waals surface area contributed by atoms with Gasteiger partial charge in [0.25, 0.3) is 0 Å². The molecule has 0 aliphatic carbocycles. The zero-order valence-corrected chi connectivity index (χ0v) is 8.96. The maximum Gasteiger partial charge on any atom is 0.341 e. The van der Waals surface area contributed by atoms with Crippen molar-refractivity contribution in [3.8, 4) is 0 Å². The lowest BCUT2D eigenvalue weighted by Crippen LogP contribution is -2.09. The average Bonchev–Trinajstić information content (AvgIpc) is 2.32. The van der Waals surface area contributed by atoms with Crippen LogP contribution < -0.4 is 0 Å². The standard InChI is InChI=1S/C6H7Cl3OSi/c7-11(8,9)5-3-6-2-1-4-10-6/h1-2,4H,3,5H2. The third kappa shape index (κ3) is 4.06. The second-order valence-corrected chi connectivity index (χ2v) is 11.5. The lowest BCUT2D eigenvalue weighted by molar-refractivity contribution is 0.516. The minimum atomic E-state index is -2.46. The molecule has 11 heavy (non-hydrogen) atoms. The normalized spacial score (nSPS) is 11.9. The van der Waals surface area contributed by atoms with E-state index in [0.717, 1.165) is 12.2 Å². The summed E-state index contributed by atoms with van der Waals surface area (Å²) in [5, 5.41) is 0. The molecule has 1 heterocycles. The predicted octanol–water partition coefficient (Wildman–Crippen LogP) is 3.48. The summed E-state index contributed by atoms with van der Waals surface area (Å²) in [7, 11) is 0. The first-order valence-corrected chi connectivity index (χ1v) is 8.41. The summed E-state index contributed by atoms with van der Waals surface area (Å²) in [6, 6.07) is 1.87. The first-order chi connectivity index (χ1) is 5.08. The van der Waals surface area contributed by atoms with Crippen LogP contribution in [0.1, 0.15) is 5.76 Å². The van der Waals surface area contributed by atoms with Gasteiger partial charge in [0.1, 0.15) is 5.76 Å². The molecule has 0 bridgehead atoms. The lowest BCUT2D eigenvalue weighted by atomic mass is 10.4. The van der Waals surface area contributed by atoms with Crippen molar-refractivity contribution in [3.05, 3.63) is 24.2 Å². The van der Waals surface area contributed by atoms with Crippen LogP contribution in [0.2, 0.25) is 6.04 Å². The molecular formula is C6H7Cl3OSi. The molecule has 1 aromatic rings. The van der Waals surface area contributed by atoms with Crippen molar-refractivity contribution in [2.24, 2.45) is 0 Å². The summed E-state index contributed by atoms with van der Waals surface area (Å²) >= 11 is 17.0. The van der Waals surface area contributed by atoms with Crippen LogP contribution in [0, 0.1) is 0 Å². The minimum Gasteiger partial charge on any atom is -0.469 e. The first-order valence-electron chi connectivity index (χ1n) is 3.17. The van der Waals surface area contributed by atoms with Crippen LogP contribution in [0.5, 0.6) is 0 Å². The predicted molar refractivity (Wildman–Crippen MR) is 50.5 cm³/mol. The number of aryl methyl sites for hydroxylation is 1. The van der Waals surface area contributed by atoms with Gasteiger partial charge in [0, 0.05) is 6.42 Å². The highest BCUT2D eigenvalue weighted by atomic mass is 35.8. The fourth-order valence-corrected chi connectivity index (χ4v) is 2.10. The largest absolute Gasteiger partial charge is 0.469 e. The van der Waals surface area contributed by atoms with Crippen LogP contribution in [0.25, 0.3) is 0 Å². The molecule has 0 aliphatic heterocycles. The van der Waals surface area contributed by atoms with Gasteiger partial charge in [0.15, 0.2) is 0 Å². The van der Waals surface area contributed by atoms with E-state index in [0.29, 0.717) is 6.04 Å². The monoisotopic (exact) mass is 228 g/mol. The molecule has 0 aliphatic rings. The van der Waals surface area contributed by atoms with Gasteiger partial charge in [-0.1, -0.05) is 0 Å². The summed E-state index contributed by atoms with van der Waals surface area (Å²) < 4.78 is 5.08.